The van der Waals surface area contributed by atoms with Gasteiger partial charge in [0.2, 0.25) is 0 Å². The van der Waals surface area contributed by atoms with Gasteiger partial charge in [-0.25, -0.2) is 23.4 Å². The van der Waals surface area contributed by atoms with Crippen molar-refractivity contribution in [2.75, 3.05) is 44.7 Å². The second-order valence-electron chi connectivity index (χ2n) is 11.0. The van der Waals surface area contributed by atoms with Gasteiger partial charge in [-0.2, -0.15) is 0 Å². The molecule has 6 rings (SSSR count). The Kier molecular flexibility index (Phi) is 9.02. The van der Waals surface area contributed by atoms with Gasteiger partial charge >= 0.3 is 18.0 Å². The predicted octanol–water partition coefficient (Wildman–Crippen LogP) is 4.24. The lowest BCUT2D eigenvalue weighted by atomic mass is 9.95. The van der Waals surface area contributed by atoms with E-state index in [0.717, 1.165) is 0 Å². The van der Waals surface area contributed by atoms with Crippen molar-refractivity contribution in [1.82, 2.24) is 20.1 Å². The van der Waals surface area contributed by atoms with E-state index in [4.69, 9.17) is 26.4 Å². The summed E-state index contributed by atoms with van der Waals surface area (Å²) in [5.74, 6) is -2.29. The van der Waals surface area contributed by atoms with E-state index in [0.29, 0.717) is 54.0 Å². The van der Waals surface area contributed by atoms with Crippen molar-refractivity contribution in [2.45, 2.75) is 24.9 Å². The molecule has 3 aromatic rings. The number of anilines is 1. The lowest BCUT2D eigenvalue weighted by Crippen LogP contribution is -2.53. The molecule has 240 valence electrons. The summed E-state index contributed by atoms with van der Waals surface area (Å²) in [6.07, 6.45) is 1.50. The number of aromatic nitrogens is 1. The smallest absolute Gasteiger partial charge is 0.338 e. The quantitative estimate of drug-likeness (QED) is 0.324. The van der Waals surface area contributed by atoms with Gasteiger partial charge in [0.1, 0.15) is 17.7 Å². The number of carboxylic acids is 1. The van der Waals surface area contributed by atoms with Crippen molar-refractivity contribution < 1.29 is 33.0 Å². The third-order valence-corrected chi connectivity index (χ3v) is 9.31. The fraction of sp³-hybridized carbons (Fsp3) is 0.323. The number of methoxy groups -OCH3 is 1. The topological polar surface area (TPSA) is 128 Å². The van der Waals surface area contributed by atoms with Crippen LogP contribution in [0, 0.1) is 11.6 Å². The third kappa shape index (κ3) is 6.32. The van der Waals surface area contributed by atoms with Gasteiger partial charge in [-0.3, -0.25) is 19.6 Å². The molecule has 0 unspecified atom stereocenters. The predicted molar refractivity (Wildman–Crippen MR) is 167 cm³/mol. The standard InChI is InChI=1S/C31H29ClF2N6O5S/c1-45-30(43)26-24(36-28(29-35-8-11-46-29)37-27(26)21-6-4-18(33)12-22(21)32)16-38-9-10-39-20(14-38)15-40(31(39)44)19-5-2-17(23(34)13-19)3-7-25(41)42/h2,4-6,8,11-13,20,27H,3,7,9-10,14-16H2,1H3,(H,36,37)(H,41,42)/t20-,27-/m0/s1. The number of ether oxygens (including phenoxy) is 1. The van der Waals surface area contributed by atoms with Crippen molar-refractivity contribution >= 4 is 52.4 Å². The molecule has 2 amide bonds. The van der Waals surface area contributed by atoms with Crippen molar-refractivity contribution in [3.8, 4) is 0 Å². The average molecular weight is 671 g/mol. The van der Waals surface area contributed by atoms with E-state index in [-0.39, 0.29) is 47.6 Å². The molecule has 0 saturated carbocycles. The number of halogens is 3. The van der Waals surface area contributed by atoms with E-state index in [1.165, 1.54) is 53.7 Å². The number of aliphatic carboxylic acids is 1. The van der Waals surface area contributed by atoms with Crippen LogP contribution in [0.2, 0.25) is 5.02 Å². The minimum atomic E-state index is -1.01. The van der Waals surface area contributed by atoms with Crippen LogP contribution in [0.15, 0.2) is 64.2 Å². The zero-order chi connectivity index (χ0) is 32.5. The normalized spacial score (nSPS) is 20.0. The van der Waals surface area contributed by atoms with Gasteiger partial charge < -0.3 is 20.1 Å². The molecule has 1 aromatic heterocycles. The number of aliphatic imine (C=N–C) groups is 1. The fourth-order valence-electron chi connectivity index (χ4n) is 5.97. The van der Waals surface area contributed by atoms with E-state index < -0.39 is 29.6 Å². The number of aryl methyl sites for hydroxylation is 1. The van der Waals surface area contributed by atoms with Crippen molar-refractivity contribution in [1.29, 1.82) is 0 Å². The number of carbonyl (C=O) groups excluding carboxylic acids is 2. The summed E-state index contributed by atoms with van der Waals surface area (Å²) in [4.78, 5) is 52.0. The number of urea groups is 1. The molecule has 2 aromatic carbocycles. The molecular formula is C31H29ClF2N6O5S. The second kappa shape index (κ2) is 13.1. The number of rotatable bonds is 9. The number of carboxylic acid groups (broad SMARTS) is 1. The summed E-state index contributed by atoms with van der Waals surface area (Å²) < 4.78 is 33.9. The summed E-state index contributed by atoms with van der Waals surface area (Å²) >= 11 is 7.82. The second-order valence-corrected chi connectivity index (χ2v) is 12.3. The molecule has 0 aliphatic carbocycles. The first-order valence-corrected chi connectivity index (χ1v) is 15.7. The molecular weight excluding hydrogens is 642 g/mol. The molecule has 2 N–H and O–H groups in total. The number of thiazole rings is 1. The highest BCUT2D eigenvalue weighted by molar-refractivity contribution is 7.11. The minimum absolute atomic E-state index is 0.0553. The third-order valence-electron chi connectivity index (χ3n) is 8.20. The maximum absolute atomic E-state index is 14.8. The van der Waals surface area contributed by atoms with Crippen LogP contribution in [-0.4, -0.2) is 89.6 Å². The van der Waals surface area contributed by atoms with Crippen LogP contribution in [0.25, 0.3) is 0 Å². The maximum Gasteiger partial charge on any atom is 0.338 e. The highest BCUT2D eigenvalue weighted by Gasteiger charge is 2.42. The molecule has 3 aliphatic heterocycles. The molecule has 2 saturated heterocycles. The van der Waals surface area contributed by atoms with E-state index in [9.17, 15) is 23.2 Å². The minimum Gasteiger partial charge on any atom is -0.481 e. The van der Waals surface area contributed by atoms with Gasteiger partial charge in [0.25, 0.3) is 0 Å². The molecule has 0 bridgehead atoms. The van der Waals surface area contributed by atoms with Gasteiger partial charge in [-0.1, -0.05) is 23.7 Å². The number of fused-ring (bicyclic) bond motifs is 1. The molecule has 46 heavy (non-hydrogen) atoms. The number of carbonyl (C=O) groups is 3. The van der Waals surface area contributed by atoms with Gasteiger partial charge in [0.15, 0.2) is 10.8 Å². The zero-order valence-corrected chi connectivity index (χ0v) is 26.2. The summed E-state index contributed by atoms with van der Waals surface area (Å²) in [6, 6.07) is 7.00. The van der Waals surface area contributed by atoms with E-state index in [1.807, 2.05) is 0 Å². The first kappa shape index (κ1) is 31.6. The molecule has 0 radical (unpaired) electrons. The fourth-order valence-corrected chi connectivity index (χ4v) is 6.83. The summed E-state index contributed by atoms with van der Waals surface area (Å²) in [7, 11) is 1.27. The van der Waals surface area contributed by atoms with Crippen LogP contribution in [0.3, 0.4) is 0 Å². The van der Waals surface area contributed by atoms with Gasteiger partial charge in [-0.15, -0.1) is 11.3 Å². The van der Waals surface area contributed by atoms with Crippen molar-refractivity contribution in [3.63, 3.8) is 0 Å². The van der Waals surface area contributed by atoms with Gasteiger partial charge in [-0.05, 0) is 36.2 Å². The molecule has 2 fully saturated rings. The van der Waals surface area contributed by atoms with Crippen LogP contribution in [0.4, 0.5) is 19.3 Å². The van der Waals surface area contributed by atoms with Crippen LogP contribution in [0.1, 0.15) is 28.6 Å². The number of nitrogens with one attached hydrogen (secondary N) is 1. The number of esters is 1. The summed E-state index contributed by atoms with van der Waals surface area (Å²) in [5, 5.41) is 14.7. The average Bonchev–Trinajstić information content (AvgIpc) is 3.68. The maximum atomic E-state index is 14.8. The van der Waals surface area contributed by atoms with Crippen LogP contribution < -0.4 is 10.2 Å². The Labute approximate surface area is 271 Å². The Hall–Kier alpha value is -4.40. The number of amidine groups is 1. The number of hydrogen-bond acceptors (Lipinski definition) is 9. The monoisotopic (exact) mass is 670 g/mol. The molecule has 3 aliphatic rings. The highest BCUT2D eigenvalue weighted by atomic mass is 35.5. The first-order chi connectivity index (χ1) is 22.1. The number of amides is 2. The number of nitrogens with zero attached hydrogens (tertiary/aromatic N) is 5. The molecule has 0 spiro atoms. The van der Waals surface area contributed by atoms with Crippen LogP contribution in [0.5, 0.6) is 0 Å². The Balaban J connectivity index is 1.25. The molecule has 15 heteroatoms. The van der Waals surface area contributed by atoms with Crippen molar-refractivity contribution in [2.24, 2.45) is 4.99 Å². The van der Waals surface area contributed by atoms with Crippen molar-refractivity contribution in [3.05, 3.63) is 92.0 Å². The molecule has 2 atom stereocenters. The van der Waals surface area contributed by atoms with E-state index in [2.05, 4.69) is 15.2 Å². The lowest BCUT2D eigenvalue weighted by molar-refractivity contribution is -0.137. The Morgan fingerprint density at radius 3 is 2.70 bits per heavy atom. The summed E-state index contributed by atoms with van der Waals surface area (Å²) in [6.45, 7) is 1.95. The van der Waals surface area contributed by atoms with E-state index >= 15 is 0 Å². The highest BCUT2D eigenvalue weighted by Crippen LogP contribution is 2.37. The van der Waals surface area contributed by atoms with Gasteiger partial charge in [0.05, 0.1) is 18.7 Å². The SMILES string of the molecule is COC(=O)C1=C(CN2CCN3C(=O)N(c4ccc(CCC(=O)O)c(F)c4)C[C@@H]3C2)NC(c2nccs2)=N[C@H]1c1ccc(F)cc1Cl. The first-order valence-electron chi connectivity index (χ1n) is 14.4. The Morgan fingerprint density at radius 1 is 1.17 bits per heavy atom. The number of hydrogen-bond donors (Lipinski definition) is 2. The van der Waals surface area contributed by atoms with Gasteiger partial charge in [0, 0.05) is 72.7 Å². The van der Waals surface area contributed by atoms with Crippen LogP contribution >= 0.6 is 22.9 Å². The van der Waals surface area contributed by atoms with E-state index in [1.54, 1.807) is 22.5 Å². The Bertz CT molecular complexity index is 1750. The molecule has 11 nitrogen and oxygen atoms in total. The largest absolute Gasteiger partial charge is 0.481 e. The molecule has 4 heterocycles. The lowest BCUT2D eigenvalue weighted by Gasteiger charge is -2.38. The van der Waals surface area contributed by atoms with Crippen LogP contribution in [-0.2, 0) is 20.7 Å². The number of benzene rings is 2. The number of piperazine rings is 1. The Morgan fingerprint density at radius 2 is 2.00 bits per heavy atom. The zero-order valence-electron chi connectivity index (χ0n) is 24.6. The summed E-state index contributed by atoms with van der Waals surface area (Å²) in [5.41, 5.74) is 1.85.